The lowest BCUT2D eigenvalue weighted by Crippen LogP contribution is -2.45. The molecule has 0 bridgehead atoms. The van der Waals surface area contributed by atoms with Gasteiger partial charge in [-0.05, 0) is 44.9 Å². The van der Waals surface area contributed by atoms with Gasteiger partial charge in [0.1, 0.15) is 17.5 Å². The van der Waals surface area contributed by atoms with Gasteiger partial charge in [-0.15, -0.1) is 0 Å². The first kappa shape index (κ1) is 16.0. The molecule has 5 nitrogen and oxygen atoms in total. The summed E-state index contributed by atoms with van der Waals surface area (Å²) < 4.78 is 0. The smallest absolute Gasteiger partial charge is 0.135 e. The minimum absolute atomic E-state index is 0.131. The third-order valence-corrected chi connectivity index (χ3v) is 4.62. The number of aliphatic hydroxyl groups is 1. The van der Waals surface area contributed by atoms with Gasteiger partial charge < -0.3 is 16.2 Å². The van der Waals surface area contributed by atoms with Crippen LogP contribution in [0.3, 0.4) is 0 Å². The maximum absolute atomic E-state index is 9.88. The van der Waals surface area contributed by atoms with E-state index in [4.69, 9.17) is 5.73 Å². The molecule has 4 N–H and O–H groups in total. The molecule has 2 rings (SSSR count). The Morgan fingerprint density at radius 3 is 2.57 bits per heavy atom. The van der Waals surface area contributed by atoms with Crippen LogP contribution in [0.25, 0.3) is 0 Å². The summed E-state index contributed by atoms with van der Waals surface area (Å²) in [6.45, 7) is 6.44. The first-order valence-corrected chi connectivity index (χ1v) is 8.01. The number of nitrogen functional groups attached to an aromatic ring is 1. The van der Waals surface area contributed by atoms with E-state index < -0.39 is 0 Å². The quantitative estimate of drug-likeness (QED) is 0.777. The first-order valence-electron chi connectivity index (χ1n) is 8.01. The normalized spacial score (nSPS) is 25.8. The second-order valence-electron chi connectivity index (χ2n) is 6.49. The largest absolute Gasteiger partial charge is 0.394 e. The van der Waals surface area contributed by atoms with Crippen LogP contribution < -0.4 is 11.1 Å². The van der Waals surface area contributed by atoms with Crippen LogP contribution in [-0.4, -0.2) is 27.2 Å². The highest BCUT2D eigenvalue weighted by molar-refractivity contribution is 5.56. The Balaban J connectivity index is 2.24. The van der Waals surface area contributed by atoms with Gasteiger partial charge >= 0.3 is 0 Å². The number of aromatic nitrogens is 2. The van der Waals surface area contributed by atoms with Crippen molar-refractivity contribution in [1.29, 1.82) is 0 Å². The molecule has 1 fully saturated rings. The van der Waals surface area contributed by atoms with E-state index in [0.29, 0.717) is 5.82 Å². The van der Waals surface area contributed by atoms with Crippen molar-refractivity contribution in [2.24, 2.45) is 5.92 Å². The predicted molar refractivity (Wildman–Crippen MR) is 86.2 cm³/mol. The van der Waals surface area contributed by atoms with Gasteiger partial charge in [-0.1, -0.05) is 13.8 Å². The lowest BCUT2D eigenvalue weighted by molar-refractivity contribution is 0.155. The molecule has 0 atom stereocenters. The number of nitrogens with two attached hydrogens (primary N) is 1. The summed E-state index contributed by atoms with van der Waals surface area (Å²) in [6.07, 6.45) is 6.02. The van der Waals surface area contributed by atoms with Gasteiger partial charge in [-0.25, -0.2) is 9.97 Å². The van der Waals surface area contributed by atoms with Crippen molar-refractivity contribution in [2.45, 2.75) is 64.8 Å². The predicted octanol–water partition coefficient (Wildman–Crippen LogP) is 2.67. The Bertz CT molecular complexity index is 481. The average Bonchev–Trinajstić information content (AvgIpc) is 2.47. The van der Waals surface area contributed by atoms with Crippen molar-refractivity contribution in [1.82, 2.24) is 9.97 Å². The summed E-state index contributed by atoms with van der Waals surface area (Å²) in [5, 5.41) is 13.4. The second kappa shape index (κ2) is 6.60. The molecule has 21 heavy (non-hydrogen) atoms. The van der Waals surface area contributed by atoms with Crippen LogP contribution in [0.5, 0.6) is 0 Å². The van der Waals surface area contributed by atoms with E-state index in [1.807, 2.05) is 6.92 Å². The van der Waals surface area contributed by atoms with Gasteiger partial charge in [0.2, 0.25) is 0 Å². The van der Waals surface area contributed by atoms with Crippen molar-refractivity contribution >= 4 is 11.6 Å². The third kappa shape index (κ3) is 3.64. The molecule has 0 aliphatic heterocycles. The van der Waals surface area contributed by atoms with Crippen molar-refractivity contribution in [3.63, 3.8) is 0 Å². The topological polar surface area (TPSA) is 84.1 Å². The summed E-state index contributed by atoms with van der Waals surface area (Å²) in [4.78, 5) is 8.96. The van der Waals surface area contributed by atoms with Crippen molar-refractivity contribution in [2.75, 3.05) is 17.7 Å². The van der Waals surface area contributed by atoms with E-state index >= 15 is 0 Å². The molecule has 118 valence electrons. The highest BCUT2D eigenvalue weighted by atomic mass is 16.3. The fourth-order valence-corrected chi connectivity index (χ4v) is 2.93. The molecule has 0 aromatic carbocycles. The monoisotopic (exact) mass is 292 g/mol. The van der Waals surface area contributed by atoms with Gasteiger partial charge in [-0.2, -0.15) is 0 Å². The SMILES string of the molecule is CCCc1nc(N)c(C)c(NC2(CO)CCC(C)CC2)n1. The van der Waals surface area contributed by atoms with Gasteiger partial charge in [0.05, 0.1) is 12.1 Å². The minimum Gasteiger partial charge on any atom is -0.394 e. The Kier molecular flexibility index (Phi) is 5.04. The molecule has 1 saturated carbocycles. The number of hydrogen-bond acceptors (Lipinski definition) is 5. The zero-order valence-corrected chi connectivity index (χ0v) is 13.4. The molecule has 1 aromatic heterocycles. The minimum atomic E-state index is -0.262. The molecular weight excluding hydrogens is 264 g/mol. The lowest BCUT2D eigenvalue weighted by atomic mass is 9.77. The summed E-state index contributed by atoms with van der Waals surface area (Å²) >= 11 is 0. The van der Waals surface area contributed by atoms with Crippen molar-refractivity contribution in [3.05, 3.63) is 11.4 Å². The molecule has 1 aromatic rings. The fourth-order valence-electron chi connectivity index (χ4n) is 2.93. The lowest BCUT2D eigenvalue weighted by Gasteiger charge is -2.39. The Labute approximate surface area is 127 Å². The van der Waals surface area contributed by atoms with Gasteiger partial charge in [0.25, 0.3) is 0 Å². The Morgan fingerprint density at radius 2 is 2.00 bits per heavy atom. The Hall–Kier alpha value is -1.36. The maximum atomic E-state index is 9.88. The molecule has 0 amide bonds. The average molecular weight is 292 g/mol. The van der Waals surface area contributed by atoms with E-state index in [-0.39, 0.29) is 12.1 Å². The summed E-state index contributed by atoms with van der Waals surface area (Å²) in [5.41, 5.74) is 6.62. The van der Waals surface area contributed by atoms with Gasteiger partial charge in [0.15, 0.2) is 0 Å². The van der Waals surface area contributed by atoms with Crippen LogP contribution in [0, 0.1) is 12.8 Å². The van der Waals surface area contributed by atoms with E-state index in [2.05, 4.69) is 29.1 Å². The van der Waals surface area contributed by atoms with Crippen LogP contribution >= 0.6 is 0 Å². The molecular formula is C16H28N4O. The maximum Gasteiger partial charge on any atom is 0.135 e. The summed E-state index contributed by atoms with van der Waals surface area (Å²) in [6, 6.07) is 0. The van der Waals surface area contributed by atoms with Gasteiger partial charge in [-0.3, -0.25) is 0 Å². The number of anilines is 2. The molecule has 1 aliphatic carbocycles. The third-order valence-electron chi connectivity index (χ3n) is 4.62. The van der Waals surface area contributed by atoms with Crippen molar-refractivity contribution in [3.8, 4) is 0 Å². The second-order valence-corrected chi connectivity index (χ2v) is 6.49. The number of nitrogens with zero attached hydrogens (tertiary/aromatic N) is 2. The zero-order valence-electron chi connectivity index (χ0n) is 13.4. The number of aryl methyl sites for hydroxylation is 1. The molecule has 5 heteroatoms. The number of hydrogen-bond donors (Lipinski definition) is 3. The van der Waals surface area contributed by atoms with E-state index in [9.17, 15) is 5.11 Å². The van der Waals surface area contributed by atoms with E-state index in [0.717, 1.165) is 61.6 Å². The zero-order chi connectivity index (χ0) is 15.5. The standard InChI is InChI=1S/C16H28N4O/c1-4-5-13-18-14(17)12(3)15(19-13)20-16(10-21)8-6-11(2)7-9-16/h11,21H,4-10H2,1-3H3,(H3,17,18,19,20). The molecule has 0 saturated heterocycles. The van der Waals surface area contributed by atoms with Crippen LogP contribution in [0.15, 0.2) is 0 Å². The molecule has 0 spiro atoms. The van der Waals surface area contributed by atoms with E-state index in [1.54, 1.807) is 0 Å². The number of nitrogens with one attached hydrogen (secondary N) is 1. The number of aliphatic hydroxyl groups excluding tert-OH is 1. The molecule has 0 unspecified atom stereocenters. The highest BCUT2D eigenvalue weighted by Gasteiger charge is 2.34. The summed E-state index contributed by atoms with van der Waals surface area (Å²) in [5.74, 6) is 2.84. The molecule has 0 radical (unpaired) electrons. The number of rotatable bonds is 5. The first-order chi connectivity index (χ1) is 9.99. The van der Waals surface area contributed by atoms with Crippen LogP contribution in [0.4, 0.5) is 11.6 Å². The van der Waals surface area contributed by atoms with Gasteiger partial charge in [0, 0.05) is 12.0 Å². The van der Waals surface area contributed by atoms with Crippen LogP contribution in [-0.2, 0) is 6.42 Å². The van der Waals surface area contributed by atoms with E-state index in [1.165, 1.54) is 0 Å². The molecule has 1 aliphatic rings. The van der Waals surface area contributed by atoms with Crippen LogP contribution in [0.2, 0.25) is 0 Å². The summed E-state index contributed by atoms with van der Waals surface area (Å²) in [7, 11) is 0. The highest BCUT2D eigenvalue weighted by Crippen LogP contribution is 2.35. The fraction of sp³-hybridized carbons (Fsp3) is 0.750. The van der Waals surface area contributed by atoms with Crippen molar-refractivity contribution < 1.29 is 5.11 Å². The Morgan fingerprint density at radius 1 is 1.33 bits per heavy atom. The molecule has 1 heterocycles. The van der Waals surface area contributed by atoms with Crippen LogP contribution in [0.1, 0.15) is 57.3 Å².